The first kappa shape index (κ1) is 64.1. The van der Waals surface area contributed by atoms with Gasteiger partial charge in [-0.3, -0.25) is 9.59 Å². The molecule has 0 fully saturated rings. The summed E-state index contributed by atoms with van der Waals surface area (Å²) in [5.41, 5.74) is 0. The fourth-order valence-electron chi connectivity index (χ4n) is 8.92. The molecule has 388 valence electrons. The molecule has 2 atom stereocenters. The van der Waals surface area contributed by atoms with E-state index in [1.54, 1.807) is 6.08 Å². The van der Waals surface area contributed by atoms with Crippen molar-refractivity contribution < 1.29 is 24.5 Å². The second-order valence-corrected chi connectivity index (χ2v) is 20.0. The Balaban J connectivity index is 3.54. The smallest absolute Gasteiger partial charge is 0.305 e. The Bertz CT molecular complexity index is 1070. The molecular weight excluding hydrogens is 815 g/mol. The number of aliphatic hydroxyl groups excluding tert-OH is 2. The van der Waals surface area contributed by atoms with Gasteiger partial charge in [-0.2, -0.15) is 0 Å². The normalized spacial score (nSPS) is 12.8. The quantitative estimate of drug-likeness (QED) is 0.0244. The molecule has 0 bridgehead atoms. The van der Waals surface area contributed by atoms with Crippen LogP contribution in [0.15, 0.2) is 36.5 Å². The van der Waals surface area contributed by atoms with Gasteiger partial charge in [0.15, 0.2) is 0 Å². The van der Waals surface area contributed by atoms with Crippen LogP contribution in [0.25, 0.3) is 0 Å². The number of esters is 1. The zero-order valence-electron chi connectivity index (χ0n) is 44.2. The van der Waals surface area contributed by atoms with Gasteiger partial charge in [-0.1, -0.05) is 269 Å². The third kappa shape index (κ3) is 51.5. The Morgan fingerprint density at radius 1 is 0.424 bits per heavy atom. The summed E-state index contributed by atoms with van der Waals surface area (Å²) in [7, 11) is 0. The number of hydrogen-bond donors (Lipinski definition) is 3. The number of ether oxygens (including phenoxy) is 1. The predicted octanol–water partition coefficient (Wildman–Crippen LogP) is 18.0. The zero-order valence-corrected chi connectivity index (χ0v) is 44.2. The van der Waals surface area contributed by atoms with Crippen molar-refractivity contribution in [1.29, 1.82) is 0 Å². The van der Waals surface area contributed by atoms with E-state index in [0.29, 0.717) is 19.4 Å². The van der Waals surface area contributed by atoms with Crippen LogP contribution in [0.1, 0.15) is 309 Å². The van der Waals surface area contributed by atoms with E-state index in [4.69, 9.17) is 4.74 Å². The number of carbonyl (C=O) groups is 2. The minimum atomic E-state index is -0.859. The fourth-order valence-corrected chi connectivity index (χ4v) is 8.92. The fraction of sp³-hybridized carbons (Fsp3) is 0.867. The number of hydrogen-bond acceptors (Lipinski definition) is 5. The molecule has 0 aromatic rings. The Labute approximate surface area is 411 Å². The lowest BCUT2D eigenvalue weighted by Gasteiger charge is -2.20. The van der Waals surface area contributed by atoms with E-state index in [9.17, 15) is 19.8 Å². The van der Waals surface area contributed by atoms with E-state index < -0.39 is 12.1 Å². The van der Waals surface area contributed by atoms with Gasteiger partial charge in [0.2, 0.25) is 5.91 Å². The van der Waals surface area contributed by atoms with Crippen molar-refractivity contribution in [3.63, 3.8) is 0 Å². The van der Waals surface area contributed by atoms with Crippen LogP contribution >= 0.6 is 0 Å². The van der Waals surface area contributed by atoms with Crippen LogP contribution in [0, 0.1) is 0 Å². The SMILES string of the molecule is CCCCCCCCCCCCCCCCCC/C=C/C(O)C(CO)NC(=O)CCCCCCCC/C=C\C=C/CCCCCOC(=O)CCCCCCCCCCCCCCCCCC. The van der Waals surface area contributed by atoms with Crippen LogP contribution in [0.5, 0.6) is 0 Å². The van der Waals surface area contributed by atoms with E-state index in [1.165, 1.54) is 205 Å². The molecule has 3 N–H and O–H groups in total. The number of carbonyl (C=O) groups excluding carboxylic acids is 2. The van der Waals surface area contributed by atoms with Gasteiger partial charge in [0.1, 0.15) is 0 Å². The van der Waals surface area contributed by atoms with Crippen molar-refractivity contribution in [3.05, 3.63) is 36.5 Å². The Morgan fingerprint density at radius 3 is 1.12 bits per heavy atom. The molecule has 0 aromatic heterocycles. The molecule has 0 rings (SSSR count). The molecule has 0 heterocycles. The number of aliphatic hydroxyl groups is 2. The van der Waals surface area contributed by atoms with Crippen LogP contribution < -0.4 is 5.32 Å². The molecule has 0 aliphatic rings. The highest BCUT2D eigenvalue weighted by atomic mass is 16.5. The maximum atomic E-state index is 12.5. The summed E-state index contributed by atoms with van der Waals surface area (Å²) in [4.78, 5) is 24.5. The molecule has 0 saturated heterocycles. The van der Waals surface area contributed by atoms with Gasteiger partial charge in [-0.15, -0.1) is 0 Å². The second kappa shape index (κ2) is 55.7. The van der Waals surface area contributed by atoms with Crippen LogP contribution in [0.4, 0.5) is 0 Å². The van der Waals surface area contributed by atoms with Gasteiger partial charge in [-0.25, -0.2) is 0 Å². The number of amides is 1. The van der Waals surface area contributed by atoms with Gasteiger partial charge in [-0.05, 0) is 64.2 Å². The highest BCUT2D eigenvalue weighted by molar-refractivity contribution is 5.76. The average Bonchev–Trinajstić information content (AvgIpc) is 3.32. The average molecular weight is 929 g/mol. The number of nitrogens with one attached hydrogen (secondary N) is 1. The first-order chi connectivity index (χ1) is 32.5. The maximum Gasteiger partial charge on any atom is 0.305 e. The monoisotopic (exact) mass is 928 g/mol. The molecule has 0 aliphatic heterocycles. The van der Waals surface area contributed by atoms with Crippen LogP contribution in [-0.2, 0) is 14.3 Å². The van der Waals surface area contributed by atoms with Crippen molar-refractivity contribution in [1.82, 2.24) is 5.32 Å². The predicted molar refractivity (Wildman–Crippen MR) is 287 cm³/mol. The van der Waals surface area contributed by atoms with Crippen LogP contribution in [0.2, 0.25) is 0 Å². The maximum absolute atomic E-state index is 12.5. The Morgan fingerprint density at radius 2 is 0.742 bits per heavy atom. The van der Waals surface area contributed by atoms with Gasteiger partial charge in [0, 0.05) is 12.8 Å². The van der Waals surface area contributed by atoms with Crippen molar-refractivity contribution >= 4 is 11.9 Å². The zero-order chi connectivity index (χ0) is 47.9. The first-order valence-corrected chi connectivity index (χ1v) is 29.3. The number of unbranched alkanes of at least 4 members (excludes halogenated alkanes) is 40. The van der Waals surface area contributed by atoms with E-state index in [0.717, 1.165) is 77.0 Å². The second-order valence-electron chi connectivity index (χ2n) is 20.0. The van der Waals surface area contributed by atoms with Crippen molar-refractivity contribution in [2.45, 2.75) is 321 Å². The van der Waals surface area contributed by atoms with Gasteiger partial charge in [0.25, 0.3) is 0 Å². The van der Waals surface area contributed by atoms with E-state index in [1.807, 2.05) is 6.08 Å². The van der Waals surface area contributed by atoms with E-state index in [-0.39, 0.29) is 18.5 Å². The van der Waals surface area contributed by atoms with Gasteiger partial charge in [0.05, 0.1) is 25.4 Å². The molecule has 0 spiro atoms. The van der Waals surface area contributed by atoms with Gasteiger partial charge < -0.3 is 20.3 Å². The van der Waals surface area contributed by atoms with Gasteiger partial charge >= 0.3 is 5.97 Å². The van der Waals surface area contributed by atoms with Crippen LogP contribution in [-0.4, -0.2) is 47.4 Å². The number of allylic oxidation sites excluding steroid dienone is 5. The summed E-state index contributed by atoms with van der Waals surface area (Å²) < 4.78 is 5.46. The summed E-state index contributed by atoms with van der Waals surface area (Å²) in [6, 6.07) is -0.645. The van der Waals surface area contributed by atoms with Crippen molar-refractivity contribution in [3.8, 4) is 0 Å². The molecule has 0 aliphatic carbocycles. The molecule has 2 unspecified atom stereocenters. The van der Waals surface area contributed by atoms with E-state index in [2.05, 4.69) is 43.5 Å². The summed E-state index contributed by atoms with van der Waals surface area (Å²) in [5, 5.41) is 23.1. The summed E-state index contributed by atoms with van der Waals surface area (Å²) in [5.74, 6) is -0.108. The largest absolute Gasteiger partial charge is 0.466 e. The topological polar surface area (TPSA) is 95.9 Å². The third-order valence-electron chi connectivity index (χ3n) is 13.4. The molecule has 1 amide bonds. The highest BCUT2D eigenvalue weighted by Crippen LogP contribution is 2.17. The Hall–Kier alpha value is -1.92. The van der Waals surface area contributed by atoms with Crippen LogP contribution in [0.3, 0.4) is 0 Å². The minimum Gasteiger partial charge on any atom is -0.466 e. The summed E-state index contributed by atoms with van der Waals surface area (Å²) in [6.45, 7) is 4.86. The summed E-state index contributed by atoms with van der Waals surface area (Å²) >= 11 is 0. The molecule has 6 nitrogen and oxygen atoms in total. The Kier molecular flexibility index (Phi) is 54.1. The molecule has 6 heteroatoms. The molecule has 0 radical (unpaired) electrons. The van der Waals surface area contributed by atoms with Crippen molar-refractivity contribution in [2.24, 2.45) is 0 Å². The third-order valence-corrected chi connectivity index (χ3v) is 13.4. The standard InChI is InChI=1S/C60H113NO5/c1-3-5-7-9-11-13-15-17-19-21-22-24-28-32-36-40-44-48-52-58(63)57(56-62)61-59(64)53-49-45-41-37-33-29-25-23-27-31-35-39-43-47-51-55-66-60(65)54-50-46-42-38-34-30-26-20-18-16-14-12-10-8-6-4-2/h23,27,31,35,48,52,57-58,62-63H,3-22,24-26,28-30,32-34,36-47,49-51,53-56H2,1-2H3,(H,61,64)/b27-23-,35-31-,52-48+. The molecule has 0 aromatic carbocycles. The minimum absolute atomic E-state index is 0.0194. The number of rotatable bonds is 54. The molecule has 0 saturated carbocycles. The molecule has 66 heavy (non-hydrogen) atoms. The lowest BCUT2D eigenvalue weighted by molar-refractivity contribution is -0.143. The highest BCUT2D eigenvalue weighted by Gasteiger charge is 2.18. The summed E-state index contributed by atoms with van der Waals surface area (Å²) in [6.07, 6.45) is 68.8. The van der Waals surface area contributed by atoms with E-state index >= 15 is 0 Å². The lowest BCUT2D eigenvalue weighted by Crippen LogP contribution is -2.45. The molecular formula is C60H113NO5. The lowest BCUT2D eigenvalue weighted by atomic mass is 10.0. The van der Waals surface area contributed by atoms with Crippen molar-refractivity contribution in [2.75, 3.05) is 13.2 Å². The first-order valence-electron chi connectivity index (χ1n) is 29.3.